The van der Waals surface area contributed by atoms with Gasteiger partial charge in [0, 0.05) is 6.54 Å². The van der Waals surface area contributed by atoms with Crippen molar-refractivity contribution < 1.29 is 23.1 Å². The molecule has 0 heterocycles. The predicted molar refractivity (Wildman–Crippen MR) is 83.2 cm³/mol. The Balaban J connectivity index is 2.58. The van der Waals surface area contributed by atoms with Gasteiger partial charge in [0.05, 0.1) is 11.2 Å². The second kappa shape index (κ2) is 7.93. The van der Waals surface area contributed by atoms with Crippen LogP contribution in [0.4, 0.5) is 0 Å². The van der Waals surface area contributed by atoms with E-state index in [1.165, 1.54) is 13.8 Å². The molecule has 1 aromatic rings. The molecule has 0 radical (unpaired) electrons. The lowest BCUT2D eigenvalue weighted by atomic mass is 9.99. The molecule has 6 nitrogen and oxygen atoms in total. The molecule has 2 N–H and O–H groups in total. The van der Waals surface area contributed by atoms with Crippen molar-refractivity contribution >= 4 is 21.7 Å². The quantitative estimate of drug-likeness (QED) is 0.738. The van der Waals surface area contributed by atoms with Gasteiger partial charge in [-0.2, -0.15) is 0 Å². The highest BCUT2D eigenvalue weighted by Crippen LogP contribution is 2.08. The maximum atomic E-state index is 11.7. The minimum atomic E-state index is -3.48. The van der Waals surface area contributed by atoms with E-state index in [0.717, 1.165) is 5.56 Å². The van der Waals surface area contributed by atoms with Gasteiger partial charge >= 0.3 is 5.97 Å². The first-order valence-corrected chi connectivity index (χ1v) is 8.69. The fourth-order valence-corrected chi connectivity index (χ4v) is 2.58. The van der Waals surface area contributed by atoms with Crippen molar-refractivity contribution in [3.8, 4) is 0 Å². The molecule has 1 unspecified atom stereocenters. The zero-order chi connectivity index (χ0) is 16.8. The SMILES string of the molecule is CC(C)S(=O)(=O)CC(=O)NCC(Cc1ccccc1)C(=O)O. The van der Waals surface area contributed by atoms with E-state index < -0.39 is 38.6 Å². The maximum Gasteiger partial charge on any atom is 0.308 e. The molecular formula is C15H21NO5S. The molecular weight excluding hydrogens is 306 g/mol. The Labute approximate surface area is 130 Å². The summed E-state index contributed by atoms with van der Waals surface area (Å²) in [6, 6.07) is 9.06. The molecule has 0 aliphatic carbocycles. The molecule has 0 saturated carbocycles. The zero-order valence-electron chi connectivity index (χ0n) is 12.7. The molecule has 0 bridgehead atoms. The number of carbonyl (C=O) groups is 2. The van der Waals surface area contributed by atoms with Crippen LogP contribution in [0.3, 0.4) is 0 Å². The van der Waals surface area contributed by atoms with E-state index in [2.05, 4.69) is 5.32 Å². The van der Waals surface area contributed by atoms with Crippen molar-refractivity contribution in [3.63, 3.8) is 0 Å². The first kappa shape index (κ1) is 18.2. The van der Waals surface area contributed by atoms with Crippen LogP contribution >= 0.6 is 0 Å². The van der Waals surface area contributed by atoms with Crippen molar-refractivity contribution in [1.82, 2.24) is 5.32 Å². The van der Waals surface area contributed by atoms with Crippen molar-refractivity contribution in [1.29, 1.82) is 0 Å². The second-order valence-electron chi connectivity index (χ2n) is 5.38. The summed E-state index contributed by atoms with van der Waals surface area (Å²) < 4.78 is 23.3. The fourth-order valence-electron chi connectivity index (χ4n) is 1.78. The standard InChI is InChI=1S/C15H21NO5S/c1-11(2)22(20,21)10-14(17)16-9-13(15(18)19)8-12-6-4-3-5-7-12/h3-7,11,13H,8-10H2,1-2H3,(H,16,17)(H,18,19). The van der Waals surface area contributed by atoms with Gasteiger partial charge in [0.2, 0.25) is 5.91 Å². The molecule has 7 heteroatoms. The van der Waals surface area contributed by atoms with Crippen LogP contribution in [0, 0.1) is 5.92 Å². The van der Waals surface area contributed by atoms with Gasteiger partial charge in [-0.1, -0.05) is 30.3 Å². The molecule has 122 valence electrons. The van der Waals surface area contributed by atoms with Crippen LogP contribution in [-0.2, 0) is 25.8 Å². The van der Waals surface area contributed by atoms with Crippen molar-refractivity contribution in [2.45, 2.75) is 25.5 Å². The summed E-state index contributed by atoms with van der Waals surface area (Å²) in [7, 11) is -3.48. The molecule has 0 aliphatic rings. The smallest absolute Gasteiger partial charge is 0.308 e. The first-order chi connectivity index (χ1) is 10.2. The van der Waals surface area contributed by atoms with E-state index in [4.69, 9.17) is 0 Å². The van der Waals surface area contributed by atoms with Crippen molar-refractivity contribution in [2.24, 2.45) is 5.92 Å². The van der Waals surface area contributed by atoms with Crippen molar-refractivity contribution in [2.75, 3.05) is 12.3 Å². The van der Waals surface area contributed by atoms with E-state index in [9.17, 15) is 23.1 Å². The van der Waals surface area contributed by atoms with Crippen molar-refractivity contribution in [3.05, 3.63) is 35.9 Å². The monoisotopic (exact) mass is 327 g/mol. The Morgan fingerprint density at radius 1 is 1.18 bits per heavy atom. The second-order valence-corrected chi connectivity index (χ2v) is 7.94. The molecule has 0 aliphatic heterocycles. The molecule has 22 heavy (non-hydrogen) atoms. The third-order valence-corrected chi connectivity index (χ3v) is 5.37. The normalized spacial score (nSPS) is 12.9. The van der Waals surface area contributed by atoms with E-state index >= 15 is 0 Å². The van der Waals surface area contributed by atoms with Crippen LogP contribution in [0.25, 0.3) is 0 Å². The minimum absolute atomic E-state index is 0.101. The van der Waals surface area contributed by atoms with Crippen LogP contribution in [-0.4, -0.2) is 42.9 Å². The highest BCUT2D eigenvalue weighted by Gasteiger charge is 2.23. The Morgan fingerprint density at radius 3 is 2.27 bits per heavy atom. The Morgan fingerprint density at radius 2 is 1.77 bits per heavy atom. The summed E-state index contributed by atoms with van der Waals surface area (Å²) in [5, 5.41) is 11.0. The molecule has 0 saturated heterocycles. The number of sulfone groups is 1. The van der Waals surface area contributed by atoms with Gasteiger partial charge in [-0.25, -0.2) is 8.42 Å². The first-order valence-electron chi connectivity index (χ1n) is 6.97. The molecule has 1 aromatic carbocycles. The van der Waals surface area contributed by atoms with Crippen LogP contribution in [0.1, 0.15) is 19.4 Å². The van der Waals surface area contributed by atoms with E-state index in [-0.39, 0.29) is 13.0 Å². The van der Waals surface area contributed by atoms with Crippen LogP contribution in [0.15, 0.2) is 30.3 Å². The fraction of sp³-hybridized carbons (Fsp3) is 0.467. The number of aliphatic carboxylic acids is 1. The largest absolute Gasteiger partial charge is 0.481 e. The number of amides is 1. The van der Waals surface area contributed by atoms with Gasteiger partial charge < -0.3 is 10.4 Å². The summed E-state index contributed by atoms with van der Waals surface area (Å²) in [6.07, 6.45) is 0.271. The third kappa shape index (κ3) is 5.85. The average molecular weight is 327 g/mol. The summed E-state index contributed by atoms with van der Waals surface area (Å²) in [5.41, 5.74) is 0.846. The number of hydrogen-bond donors (Lipinski definition) is 2. The average Bonchev–Trinajstić information content (AvgIpc) is 2.43. The lowest BCUT2D eigenvalue weighted by Gasteiger charge is -2.14. The van der Waals surface area contributed by atoms with Gasteiger partial charge in [-0.05, 0) is 25.8 Å². The van der Waals surface area contributed by atoms with Gasteiger partial charge in [-0.3, -0.25) is 9.59 Å². The molecule has 0 aromatic heterocycles. The lowest BCUT2D eigenvalue weighted by molar-refractivity contribution is -0.141. The molecule has 1 atom stereocenters. The summed E-state index contributed by atoms with van der Waals surface area (Å²) >= 11 is 0. The zero-order valence-corrected chi connectivity index (χ0v) is 13.5. The highest BCUT2D eigenvalue weighted by molar-refractivity contribution is 7.92. The number of nitrogens with one attached hydrogen (secondary N) is 1. The van der Waals surface area contributed by atoms with E-state index in [1.807, 2.05) is 18.2 Å². The van der Waals surface area contributed by atoms with Gasteiger partial charge in [0.1, 0.15) is 5.75 Å². The predicted octanol–water partition coefficient (Wildman–Crippen LogP) is 0.869. The Kier molecular flexibility index (Phi) is 6.55. The summed E-state index contributed by atoms with van der Waals surface area (Å²) in [6.45, 7) is 2.90. The van der Waals surface area contributed by atoms with E-state index in [1.54, 1.807) is 12.1 Å². The molecule has 0 fully saturated rings. The Bertz CT molecular complexity index is 610. The number of carboxylic acids is 1. The van der Waals surface area contributed by atoms with Gasteiger partial charge in [0.25, 0.3) is 0 Å². The van der Waals surface area contributed by atoms with Crippen LogP contribution in [0.2, 0.25) is 0 Å². The van der Waals surface area contributed by atoms with Crippen LogP contribution < -0.4 is 5.32 Å². The van der Waals surface area contributed by atoms with Gasteiger partial charge in [-0.15, -0.1) is 0 Å². The topological polar surface area (TPSA) is 101 Å². The third-order valence-electron chi connectivity index (χ3n) is 3.27. The number of carbonyl (C=O) groups excluding carboxylic acids is 1. The number of carboxylic acid groups (broad SMARTS) is 1. The molecule has 0 spiro atoms. The van der Waals surface area contributed by atoms with Crippen LogP contribution in [0.5, 0.6) is 0 Å². The summed E-state index contributed by atoms with van der Waals surface area (Å²) in [5.74, 6) is -3.13. The lowest BCUT2D eigenvalue weighted by Crippen LogP contribution is -2.38. The highest BCUT2D eigenvalue weighted by atomic mass is 32.2. The van der Waals surface area contributed by atoms with E-state index in [0.29, 0.717) is 0 Å². The minimum Gasteiger partial charge on any atom is -0.481 e. The number of benzene rings is 1. The maximum absolute atomic E-state index is 11.7. The molecule has 1 amide bonds. The Hall–Kier alpha value is -1.89. The number of hydrogen-bond acceptors (Lipinski definition) is 4. The van der Waals surface area contributed by atoms with Gasteiger partial charge in [0.15, 0.2) is 9.84 Å². The summed E-state index contributed by atoms with van der Waals surface area (Å²) in [4.78, 5) is 22.9. The number of rotatable bonds is 8. The molecule has 1 rings (SSSR count).